The van der Waals surface area contributed by atoms with Gasteiger partial charge in [0, 0.05) is 0 Å². The van der Waals surface area contributed by atoms with Crippen LogP contribution in [-0.4, -0.2) is 100 Å². The van der Waals surface area contributed by atoms with Gasteiger partial charge in [0.2, 0.25) is 0 Å². The number of carboxylic acids is 2. The minimum absolute atomic E-state index is 0.403. The standard InChI is InChI=1S/C7H8O7.C6H12N4/c8-4(9)1-7(2-5(10)11)6(12)13-3-14-7;1-7-2-9-4-8(1)5-10(3-7)6-9/h1-3H2,(H,8,9)(H,10,11);1-6H2. The molecule has 2 N–H and O–H groups in total. The summed E-state index contributed by atoms with van der Waals surface area (Å²) in [6.45, 7) is 6.72. The number of carbonyl (C=O) groups excluding carboxylic acids is 1. The van der Waals surface area contributed by atoms with Gasteiger partial charge in [0.25, 0.3) is 0 Å². The Bertz CT molecular complexity index is 468. The highest BCUT2D eigenvalue weighted by atomic mass is 16.7. The molecule has 0 saturated carbocycles. The third-order valence-electron chi connectivity index (χ3n) is 4.17. The molecule has 0 aliphatic carbocycles. The molecule has 0 amide bonds. The molecule has 24 heavy (non-hydrogen) atoms. The minimum Gasteiger partial charge on any atom is -0.481 e. The van der Waals surface area contributed by atoms with E-state index in [9.17, 15) is 14.4 Å². The van der Waals surface area contributed by atoms with Gasteiger partial charge in [-0.2, -0.15) is 0 Å². The molecule has 5 saturated heterocycles. The molecule has 0 radical (unpaired) electrons. The number of carboxylic acid groups (broad SMARTS) is 2. The van der Waals surface area contributed by atoms with Gasteiger partial charge in [-0.3, -0.25) is 29.2 Å². The summed E-state index contributed by atoms with van der Waals surface area (Å²) in [6.07, 6.45) is -1.42. The molecule has 5 heterocycles. The molecular weight excluding hydrogens is 324 g/mol. The average Bonchev–Trinajstić information content (AvgIpc) is 2.77. The van der Waals surface area contributed by atoms with Crippen LogP contribution in [0.5, 0.6) is 0 Å². The van der Waals surface area contributed by atoms with Crippen LogP contribution in [0, 0.1) is 0 Å². The van der Waals surface area contributed by atoms with Crippen molar-refractivity contribution in [3.63, 3.8) is 0 Å². The second-order valence-electron chi connectivity index (χ2n) is 6.36. The van der Waals surface area contributed by atoms with Gasteiger partial charge in [-0.15, -0.1) is 0 Å². The molecule has 0 spiro atoms. The Hall–Kier alpha value is -1.79. The number of cyclic esters (lactones) is 1. The molecule has 11 nitrogen and oxygen atoms in total. The quantitative estimate of drug-likeness (QED) is 0.561. The molecule has 5 fully saturated rings. The lowest BCUT2D eigenvalue weighted by molar-refractivity contribution is -0.194. The average molecular weight is 344 g/mol. The summed E-state index contributed by atoms with van der Waals surface area (Å²) < 4.78 is 9.12. The summed E-state index contributed by atoms with van der Waals surface area (Å²) >= 11 is 0. The summed E-state index contributed by atoms with van der Waals surface area (Å²) in [7, 11) is 0. The number of rotatable bonds is 4. The van der Waals surface area contributed by atoms with E-state index in [1.807, 2.05) is 0 Å². The molecule has 0 aromatic rings. The lowest BCUT2D eigenvalue weighted by Crippen LogP contribution is -2.71. The van der Waals surface area contributed by atoms with Crippen LogP contribution in [0.25, 0.3) is 0 Å². The SMILES string of the molecule is C1N2CN3CN1CN(C2)C3.O=C(O)CC1(CC(=O)O)OCOC1=O. The molecule has 11 heteroatoms. The maximum absolute atomic E-state index is 11.1. The van der Waals surface area contributed by atoms with E-state index in [1.165, 1.54) is 40.0 Å². The van der Waals surface area contributed by atoms with Crippen LogP contribution in [-0.2, 0) is 23.9 Å². The topological polar surface area (TPSA) is 123 Å². The molecule has 4 bridgehead atoms. The number of esters is 1. The van der Waals surface area contributed by atoms with Crippen LogP contribution in [0.4, 0.5) is 0 Å². The normalized spacial score (nSPS) is 35.1. The zero-order valence-corrected chi connectivity index (χ0v) is 13.1. The van der Waals surface area contributed by atoms with Gasteiger partial charge in [0.05, 0.1) is 52.9 Å². The Kier molecular flexibility index (Phi) is 4.69. The van der Waals surface area contributed by atoms with Crippen molar-refractivity contribution in [1.29, 1.82) is 0 Å². The first kappa shape index (κ1) is 17.0. The Morgan fingerprint density at radius 1 is 0.875 bits per heavy atom. The molecule has 134 valence electrons. The van der Waals surface area contributed by atoms with Crippen LogP contribution in [0.15, 0.2) is 0 Å². The van der Waals surface area contributed by atoms with Crippen molar-refractivity contribution >= 4 is 17.9 Å². The van der Waals surface area contributed by atoms with Gasteiger partial charge in [-0.05, 0) is 0 Å². The molecule has 5 aliphatic rings. The number of hydrogen-bond acceptors (Lipinski definition) is 9. The molecule has 0 aromatic heterocycles. The summed E-state index contributed by atoms with van der Waals surface area (Å²) in [5.74, 6) is -3.57. The van der Waals surface area contributed by atoms with E-state index in [-0.39, 0.29) is 0 Å². The fourth-order valence-electron chi connectivity index (χ4n) is 3.42. The molecule has 0 unspecified atom stereocenters. The largest absolute Gasteiger partial charge is 0.481 e. The van der Waals surface area contributed by atoms with Crippen molar-refractivity contribution in [2.24, 2.45) is 0 Å². The molecule has 5 aliphatic heterocycles. The van der Waals surface area contributed by atoms with Crippen LogP contribution in [0.3, 0.4) is 0 Å². The van der Waals surface area contributed by atoms with Crippen molar-refractivity contribution in [3.8, 4) is 0 Å². The summed E-state index contributed by atoms with van der Waals surface area (Å²) in [5.41, 5.74) is -1.86. The highest BCUT2D eigenvalue weighted by Gasteiger charge is 2.49. The van der Waals surface area contributed by atoms with Crippen molar-refractivity contribution in [1.82, 2.24) is 19.6 Å². The first-order chi connectivity index (χ1) is 11.4. The maximum atomic E-state index is 11.1. The number of nitrogens with zero attached hydrogens (tertiary/aromatic N) is 4. The van der Waals surface area contributed by atoms with Crippen LogP contribution >= 0.6 is 0 Å². The second kappa shape index (κ2) is 6.61. The predicted octanol–water partition coefficient (Wildman–Crippen LogP) is -1.81. The van der Waals surface area contributed by atoms with E-state index < -0.39 is 43.1 Å². The smallest absolute Gasteiger partial charge is 0.341 e. The van der Waals surface area contributed by atoms with E-state index in [2.05, 4.69) is 24.3 Å². The molecule has 0 aromatic carbocycles. The Balaban J connectivity index is 0.000000147. The van der Waals surface area contributed by atoms with Crippen molar-refractivity contribution < 1.29 is 34.1 Å². The van der Waals surface area contributed by atoms with Gasteiger partial charge < -0.3 is 19.7 Å². The van der Waals surface area contributed by atoms with E-state index in [1.54, 1.807) is 0 Å². The number of ether oxygens (including phenoxy) is 2. The zero-order chi connectivity index (χ0) is 17.3. The molecular formula is C13H20N4O7. The highest BCUT2D eigenvalue weighted by Crippen LogP contribution is 2.28. The van der Waals surface area contributed by atoms with Crippen molar-refractivity contribution in [2.45, 2.75) is 18.4 Å². The highest BCUT2D eigenvalue weighted by molar-refractivity contribution is 5.90. The molecule has 0 atom stereocenters. The first-order valence-corrected chi connectivity index (χ1v) is 7.50. The Labute approximate surface area is 137 Å². The Morgan fingerprint density at radius 3 is 1.50 bits per heavy atom. The zero-order valence-electron chi connectivity index (χ0n) is 13.1. The third-order valence-corrected chi connectivity index (χ3v) is 4.17. The van der Waals surface area contributed by atoms with Crippen molar-refractivity contribution in [2.75, 3.05) is 46.8 Å². The summed E-state index contributed by atoms with van der Waals surface area (Å²) in [6, 6.07) is 0. The summed E-state index contributed by atoms with van der Waals surface area (Å²) in [5, 5.41) is 17.0. The lowest BCUT2D eigenvalue weighted by atomic mass is 9.96. The fraction of sp³-hybridized carbons (Fsp3) is 0.769. The van der Waals surface area contributed by atoms with E-state index in [4.69, 9.17) is 14.9 Å². The van der Waals surface area contributed by atoms with Gasteiger partial charge >= 0.3 is 17.9 Å². The number of carbonyl (C=O) groups is 3. The summed E-state index contributed by atoms with van der Waals surface area (Å²) in [4.78, 5) is 41.8. The second-order valence-corrected chi connectivity index (χ2v) is 6.36. The van der Waals surface area contributed by atoms with Gasteiger partial charge in [0.1, 0.15) is 0 Å². The van der Waals surface area contributed by atoms with Gasteiger partial charge in [-0.1, -0.05) is 0 Å². The van der Waals surface area contributed by atoms with Crippen molar-refractivity contribution in [3.05, 3.63) is 0 Å². The fourth-order valence-corrected chi connectivity index (χ4v) is 3.42. The van der Waals surface area contributed by atoms with Crippen LogP contribution in [0.1, 0.15) is 12.8 Å². The lowest BCUT2D eigenvalue weighted by Gasteiger charge is -2.56. The van der Waals surface area contributed by atoms with E-state index in [0.717, 1.165) is 0 Å². The van der Waals surface area contributed by atoms with Gasteiger partial charge in [-0.25, -0.2) is 4.79 Å². The van der Waals surface area contributed by atoms with Crippen LogP contribution in [0.2, 0.25) is 0 Å². The Morgan fingerprint density at radius 2 is 1.25 bits per heavy atom. The monoisotopic (exact) mass is 344 g/mol. The van der Waals surface area contributed by atoms with Crippen LogP contribution < -0.4 is 0 Å². The maximum Gasteiger partial charge on any atom is 0.341 e. The predicted molar refractivity (Wildman–Crippen MR) is 75.8 cm³/mol. The number of hydrogen-bond donors (Lipinski definition) is 2. The molecule has 5 rings (SSSR count). The third kappa shape index (κ3) is 3.65. The number of aliphatic carboxylic acids is 2. The van der Waals surface area contributed by atoms with Gasteiger partial charge in [0.15, 0.2) is 12.4 Å². The van der Waals surface area contributed by atoms with E-state index in [0.29, 0.717) is 0 Å². The first-order valence-electron chi connectivity index (χ1n) is 7.50. The van der Waals surface area contributed by atoms with E-state index >= 15 is 0 Å². The minimum atomic E-state index is -1.86.